The number of alkyl carbamates (subject to hydrolysis) is 1. The third-order valence-electron chi connectivity index (χ3n) is 4.76. The van der Waals surface area contributed by atoms with E-state index in [9.17, 15) is 9.59 Å². The Morgan fingerprint density at radius 3 is 2.37 bits per heavy atom. The van der Waals surface area contributed by atoms with Crippen LogP contribution in [0.15, 0.2) is 60.8 Å². The second-order valence-corrected chi connectivity index (χ2v) is 8.40. The molecule has 0 bridgehead atoms. The first-order valence-corrected chi connectivity index (χ1v) is 10.1. The zero-order valence-electron chi connectivity index (χ0n) is 17.9. The summed E-state index contributed by atoms with van der Waals surface area (Å²) < 4.78 is 5.38. The lowest BCUT2D eigenvalue weighted by Crippen LogP contribution is -2.49. The van der Waals surface area contributed by atoms with Crippen LogP contribution >= 0.6 is 0 Å². The van der Waals surface area contributed by atoms with Gasteiger partial charge in [0.05, 0.1) is 6.04 Å². The van der Waals surface area contributed by atoms with E-state index < -0.39 is 17.7 Å². The largest absolute Gasteiger partial charge is 0.444 e. The predicted molar refractivity (Wildman–Crippen MR) is 118 cm³/mol. The summed E-state index contributed by atoms with van der Waals surface area (Å²) in [7, 11) is 0. The molecule has 158 valence electrons. The van der Waals surface area contributed by atoms with E-state index in [0.29, 0.717) is 6.42 Å². The SMILES string of the molecule is CC(NC(=O)C(Cc1c[nH]c2ccccc12)NC(=O)OC(C)(C)C)c1ccccc1. The number of hydrogen-bond acceptors (Lipinski definition) is 3. The maximum atomic E-state index is 13.1. The molecule has 0 radical (unpaired) electrons. The van der Waals surface area contributed by atoms with E-state index in [1.807, 2.05) is 67.7 Å². The Balaban J connectivity index is 1.79. The van der Waals surface area contributed by atoms with E-state index in [4.69, 9.17) is 4.74 Å². The molecule has 3 rings (SSSR count). The van der Waals surface area contributed by atoms with Crippen LogP contribution < -0.4 is 10.6 Å². The second-order valence-electron chi connectivity index (χ2n) is 8.40. The van der Waals surface area contributed by atoms with Gasteiger partial charge in [0.2, 0.25) is 5.91 Å². The van der Waals surface area contributed by atoms with Crippen molar-refractivity contribution in [2.75, 3.05) is 0 Å². The van der Waals surface area contributed by atoms with Crippen molar-refractivity contribution in [1.82, 2.24) is 15.6 Å². The van der Waals surface area contributed by atoms with Gasteiger partial charge in [0, 0.05) is 23.5 Å². The Hall–Kier alpha value is -3.28. The zero-order valence-corrected chi connectivity index (χ0v) is 17.9. The number of H-pyrrole nitrogens is 1. The summed E-state index contributed by atoms with van der Waals surface area (Å²) in [6.07, 6.45) is 1.61. The smallest absolute Gasteiger partial charge is 0.408 e. The highest BCUT2D eigenvalue weighted by molar-refractivity contribution is 5.88. The average molecular weight is 408 g/mol. The summed E-state index contributed by atoms with van der Waals surface area (Å²) in [6.45, 7) is 7.29. The van der Waals surface area contributed by atoms with Crippen LogP contribution in [0.2, 0.25) is 0 Å². The van der Waals surface area contributed by atoms with Crippen LogP contribution in [-0.4, -0.2) is 28.6 Å². The maximum Gasteiger partial charge on any atom is 0.408 e. The van der Waals surface area contributed by atoms with Crippen molar-refractivity contribution in [1.29, 1.82) is 0 Å². The van der Waals surface area contributed by atoms with Crippen molar-refractivity contribution >= 4 is 22.9 Å². The van der Waals surface area contributed by atoms with Crippen molar-refractivity contribution in [2.24, 2.45) is 0 Å². The van der Waals surface area contributed by atoms with Gasteiger partial charge in [0.1, 0.15) is 11.6 Å². The molecular formula is C24H29N3O3. The van der Waals surface area contributed by atoms with Gasteiger partial charge in [-0.05, 0) is 44.9 Å². The fraction of sp³-hybridized carbons (Fsp3) is 0.333. The summed E-state index contributed by atoms with van der Waals surface area (Å²) in [5, 5.41) is 6.78. The van der Waals surface area contributed by atoms with Gasteiger partial charge in [0.25, 0.3) is 0 Å². The quantitative estimate of drug-likeness (QED) is 0.563. The molecular weight excluding hydrogens is 378 g/mol. The Morgan fingerprint density at radius 2 is 1.67 bits per heavy atom. The van der Waals surface area contributed by atoms with Crippen LogP contribution in [0.1, 0.15) is 44.9 Å². The van der Waals surface area contributed by atoms with Crippen LogP contribution in [0.4, 0.5) is 4.79 Å². The minimum Gasteiger partial charge on any atom is -0.444 e. The van der Waals surface area contributed by atoms with E-state index >= 15 is 0 Å². The van der Waals surface area contributed by atoms with E-state index in [1.165, 1.54) is 0 Å². The molecule has 2 amide bonds. The predicted octanol–water partition coefficient (Wildman–Crippen LogP) is 4.48. The minimum atomic E-state index is -0.773. The molecule has 0 aliphatic heterocycles. The molecule has 2 atom stereocenters. The van der Waals surface area contributed by atoms with E-state index in [1.54, 1.807) is 20.8 Å². The fourth-order valence-electron chi connectivity index (χ4n) is 3.32. The lowest BCUT2D eigenvalue weighted by atomic mass is 10.0. The monoisotopic (exact) mass is 407 g/mol. The van der Waals surface area contributed by atoms with Gasteiger partial charge in [-0.3, -0.25) is 4.79 Å². The van der Waals surface area contributed by atoms with Crippen molar-refractivity contribution in [2.45, 2.75) is 51.8 Å². The highest BCUT2D eigenvalue weighted by Crippen LogP contribution is 2.20. The van der Waals surface area contributed by atoms with Crippen molar-refractivity contribution in [3.05, 3.63) is 71.9 Å². The van der Waals surface area contributed by atoms with E-state index in [-0.39, 0.29) is 11.9 Å². The number of carbonyl (C=O) groups excluding carboxylic acids is 2. The third-order valence-corrected chi connectivity index (χ3v) is 4.76. The van der Waals surface area contributed by atoms with Crippen LogP contribution in [0.25, 0.3) is 10.9 Å². The molecule has 0 fully saturated rings. The number of rotatable bonds is 6. The van der Waals surface area contributed by atoms with Gasteiger partial charge in [-0.25, -0.2) is 4.79 Å². The van der Waals surface area contributed by atoms with Crippen LogP contribution in [0, 0.1) is 0 Å². The van der Waals surface area contributed by atoms with Crippen molar-refractivity contribution in [3.63, 3.8) is 0 Å². The first kappa shape index (κ1) is 21.4. The van der Waals surface area contributed by atoms with Crippen LogP contribution in [0.5, 0.6) is 0 Å². The second kappa shape index (κ2) is 9.03. The number of hydrogen-bond donors (Lipinski definition) is 3. The standard InChI is InChI=1S/C24H29N3O3/c1-16(17-10-6-5-7-11-17)26-22(28)21(27-23(29)30-24(2,3)4)14-18-15-25-20-13-9-8-12-19(18)20/h5-13,15-16,21,25H,14H2,1-4H3,(H,26,28)(H,27,29). The maximum absolute atomic E-state index is 13.1. The summed E-state index contributed by atoms with van der Waals surface area (Å²) >= 11 is 0. The normalized spacial score (nSPS) is 13.5. The van der Waals surface area contributed by atoms with Crippen molar-refractivity contribution < 1.29 is 14.3 Å². The Morgan fingerprint density at radius 1 is 1.00 bits per heavy atom. The van der Waals surface area contributed by atoms with Gasteiger partial charge < -0.3 is 20.4 Å². The topological polar surface area (TPSA) is 83.2 Å². The number of aromatic amines is 1. The molecule has 0 saturated heterocycles. The van der Waals surface area contributed by atoms with Gasteiger partial charge in [-0.1, -0.05) is 48.5 Å². The number of aromatic nitrogens is 1. The molecule has 3 aromatic rings. The molecule has 0 aliphatic rings. The molecule has 1 heterocycles. The number of benzene rings is 2. The van der Waals surface area contributed by atoms with E-state index in [0.717, 1.165) is 22.0 Å². The number of ether oxygens (including phenoxy) is 1. The highest BCUT2D eigenvalue weighted by atomic mass is 16.6. The van der Waals surface area contributed by atoms with Crippen molar-refractivity contribution in [3.8, 4) is 0 Å². The molecule has 2 unspecified atom stereocenters. The summed E-state index contributed by atoms with van der Waals surface area (Å²) in [4.78, 5) is 28.7. The summed E-state index contributed by atoms with van der Waals surface area (Å²) in [5.41, 5.74) is 2.29. The number of amides is 2. The molecule has 0 aliphatic carbocycles. The molecule has 1 aromatic heterocycles. The Kier molecular flexibility index (Phi) is 6.45. The third kappa shape index (κ3) is 5.63. The first-order valence-electron chi connectivity index (χ1n) is 10.1. The summed E-state index contributed by atoms with van der Waals surface area (Å²) in [5.74, 6) is -0.262. The number of para-hydroxylation sites is 1. The lowest BCUT2D eigenvalue weighted by Gasteiger charge is -2.24. The molecule has 6 heteroatoms. The van der Waals surface area contributed by atoms with Gasteiger partial charge >= 0.3 is 6.09 Å². The molecule has 0 spiro atoms. The Labute approximate surface area is 177 Å². The van der Waals surface area contributed by atoms with Crippen LogP contribution in [-0.2, 0) is 16.0 Å². The minimum absolute atomic E-state index is 0.190. The first-order chi connectivity index (χ1) is 14.2. The zero-order chi connectivity index (χ0) is 21.7. The molecule has 3 N–H and O–H groups in total. The Bertz CT molecular complexity index is 1010. The fourth-order valence-corrected chi connectivity index (χ4v) is 3.32. The number of nitrogens with one attached hydrogen (secondary N) is 3. The number of fused-ring (bicyclic) bond motifs is 1. The lowest BCUT2D eigenvalue weighted by molar-refractivity contribution is -0.123. The number of carbonyl (C=O) groups is 2. The van der Waals surface area contributed by atoms with Crippen LogP contribution in [0.3, 0.4) is 0 Å². The van der Waals surface area contributed by atoms with Gasteiger partial charge in [0.15, 0.2) is 0 Å². The molecule has 30 heavy (non-hydrogen) atoms. The molecule has 0 saturated carbocycles. The van der Waals surface area contributed by atoms with E-state index in [2.05, 4.69) is 15.6 Å². The molecule has 6 nitrogen and oxygen atoms in total. The summed E-state index contributed by atoms with van der Waals surface area (Å²) in [6, 6.07) is 16.6. The van der Waals surface area contributed by atoms with Gasteiger partial charge in [-0.15, -0.1) is 0 Å². The average Bonchev–Trinajstić information content (AvgIpc) is 3.09. The van der Waals surface area contributed by atoms with Gasteiger partial charge in [-0.2, -0.15) is 0 Å². The molecule has 2 aromatic carbocycles. The highest BCUT2D eigenvalue weighted by Gasteiger charge is 2.26.